The highest BCUT2D eigenvalue weighted by Crippen LogP contribution is 2.27. The number of hydrogen-bond donors (Lipinski definition) is 1. The zero-order valence-electron chi connectivity index (χ0n) is 15.4. The van der Waals surface area contributed by atoms with Crippen LogP contribution in [0.5, 0.6) is 0 Å². The molecule has 2 aromatic carbocycles. The molecule has 0 aliphatic carbocycles. The molecule has 0 fully saturated rings. The van der Waals surface area contributed by atoms with Crippen LogP contribution in [0.3, 0.4) is 0 Å². The van der Waals surface area contributed by atoms with Gasteiger partial charge in [-0.2, -0.15) is 0 Å². The fourth-order valence-corrected chi connectivity index (χ4v) is 3.99. The minimum absolute atomic E-state index is 0.0860. The smallest absolute Gasteiger partial charge is 0.339 e. The Hall–Kier alpha value is -2.00. The number of sulfonamides is 1. The van der Waals surface area contributed by atoms with E-state index in [1.54, 1.807) is 6.92 Å². The Balaban J connectivity index is 2.21. The maximum absolute atomic E-state index is 12.4. The van der Waals surface area contributed by atoms with Gasteiger partial charge in [-0.1, -0.05) is 34.8 Å². The van der Waals surface area contributed by atoms with Crippen molar-refractivity contribution in [3.8, 4) is 0 Å². The summed E-state index contributed by atoms with van der Waals surface area (Å²) >= 11 is 17.9. The van der Waals surface area contributed by atoms with Crippen LogP contribution < -0.4 is 9.62 Å². The molecule has 0 radical (unpaired) electrons. The number of amides is 1. The first-order valence-electron chi connectivity index (χ1n) is 8.21. The van der Waals surface area contributed by atoms with Crippen LogP contribution in [0.15, 0.2) is 36.4 Å². The number of carbonyl (C=O) groups is 2. The summed E-state index contributed by atoms with van der Waals surface area (Å²) in [5.74, 6) is -1.22. The summed E-state index contributed by atoms with van der Waals surface area (Å²) in [4.78, 5) is 24.2. The van der Waals surface area contributed by atoms with E-state index in [0.717, 1.165) is 10.6 Å². The van der Waals surface area contributed by atoms with Crippen molar-refractivity contribution in [1.29, 1.82) is 0 Å². The SMILES string of the molecule is CCOC(=O)c1ccc(NC(=O)CN(c2cc(Cl)cc(Cl)c2)S(C)(=O)=O)cc1Cl. The van der Waals surface area contributed by atoms with E-state index in [2.05, 4.69) is 5.32 Å². The topological polar surface area (TPSA) is 92.8 Å². The Bertz CT molecular complexity index is 1020. The molecule has 0 heterocycles. The summed E-state index contributed by atoms with van der Waals surface area (Å²) in [5.41, 5.74) is 0.583. The van der Waals surface area contributed by atoms with E-state index in [9.17, 15) is 18.0 Å². The van der Waals surface area contributed by atoms with Crippen LogP contribution in [0.1, 0.15) is 17.3 Å². The Kier molecular flexibility index (Phi) is 7.76. The minimum Gasteiger partial charge on any atom is -0.462 e. The van der Waals surface area contributed by atoms with E-state index in [-0.39, 0.29) is 38.6 Å². The molecule has 2 rings (SSSR count). The predicted octanol–water partition coefficient (Wildman–Crippen LogP) is 4.23. The summed E-state index contributed by atoms with van der Waals surface area (Å²) < 4.78 is 30.1. The second-order valence-electron chi connectivity index (χ2n) is 5.86. The first kappa shape index (κ1) is 23.3. The van der Waals surface area contributed by atoms with E-state index >= 15 is 0 Å². The molecule has 0 spiro atoms. The van der Waals surface area contributed by atoms with Crippen LogP contribution in [-0.2, 0) is 19.6 Å². The van der Waals surface area contributed by atoms with E-state index in [1.165, 1.54) is 36.4 Å². The number of anilines is 2. The standard InChI is InChI=1S/C18H17Cl3N2O5S/c1-3-28-18(25)15-5-4-13(9-16(15)21)22-17(24)10-23(29(2,26)27)14-7-11(19)6-12(20)8-14/h4-9H,3,10H2,1-2H3,(H,22,24). The van der Waals surface area contributed by atoms with Crippen molar-refractivity contribution in [2.75, 3.05) is 29.0 Å². The van der Waals surface area contributed by atoms with Crippen molar-refractivity contribution in [3.05, 3.63) is 57.0 Å². The van der Waals surface area contributed by atoms with Crippen molar-refractivity contribution in [2.24, 2.45) is 0 Å². The summed E-state index contributed by atoms with van der Waals surface area (Å²) in [5, 5.41) is 3.07. The van der Waals surface area contributed by atoms with Gasteiger partial charge in [-0.25, -0.2) is 13.2 Å². The van der Waals surface area contributed by atoms with Gasteiger partial charge in [0.1, 0.15) is 6.54 Å². The fourth-order valence-electron chi connectivity index (χ4n) is 2.38. The third-order valence-corrected chi connectivity index (χ3v) is 5.46. The largest absolute Gasteiger partial charge is 0.462 e. The molecule has 0 atom stereocenters. The Labute approximate surface area is 183 Å². The third-order valence-electron chi connectivity index (χ3n) is 3.57. The van der Waals surface area contributed by atoms with Gasteiger partial charge in [0, 0.05) is 15.7 Å². The number of benzene rings is 2. The van der Waals surface area contributed by atoms with Gasteiger partial charge in [0.2, 0.25) is 15.9 Å². The average molecular weight is 480 g/mol. The van der Waals surface area contributed by atoms with Gasteiger partial charge >= 0.3 is 5.97 Å². The normalized spacial score (nSPS) is 11.1. The van der Waals surface area contributed by atoms with Crippen molar-refractivity contribution in [2.45, 2.75) is 6.92 Å². The van der Waals surface area contributed by atoms with Crippen molar-refractivity contribution < 1.29 is 22.7 Å². The Morgan fingerprint density at radius 1 is 1.07 bits per heavy atom. The minimum atomic E-state index is -3.80. The summed E-state index contributed by atoms with van der Waals surface area (Å²) in [6, 6.07) is 8.44. The van der Waals surface area contributed by atoms with Gasteiger partial charge in [0.25, 0.3) is 0 Å². The molecule has 1 amide bonds. The van der Waals surface area contributed by atoms with Crippen LogP contribution in [0.2, 0.25) is 15.1 Å². The molecule has 0 aliphatic heterocycles. The lowest BCUT2D eigenvalue weighted by Crippen LogP contribution is -2.37. The third kappa shape index (κ3) is 6.50. The zero-order valence-corrected chi connectivity index (χ0v) is 18.5. The highest BCUT2D eigenvalue weighted by atomic mass is 35.5. The zero-order chi connectivity index (χ0) is 21.8. The van der Waals surface area contributed by atoms with E-state index < -0.39 is 28.4 Å². The van der Waals surface area contributed by atoms with Gasteiger partial charge in [-0.05, 0) is 43.3 Å². The average Bonchev–Trinajstić information content (AvgIpc) is 2.58. The maximum Gasteiger partial charge on any atom is 0.339 e. The first-order valence-corrected chi connectivity index (χ1v) is 11.2. The molecule has 0 saturated heterocycles. The van der Waals surface area contributed by atoms with Crippen LogP contribution >= 0.6 is 34.8 Å². The number of esters is 1. The molecule has 0 saturated carbocycles. The molecule has 0 aromatic heterocycles. The number of nitrogens with zero attached hydrogens (tertiary/aromatic N) is 1. The van der Waals surface area contributed by atoms with Crippen molar-refractivity contribution >= 4 is 68.1 Å². The number of rotatable bonds is 7. The maximum atomic E-state index is 12.4. The molecule has 1 N–H and O–H groups in total. The molecule has 156 valence electrons. The lowest BCUT2D eigenvalue weighted by molar-refractivity contribution is -0.114. The molecule has 2 aromatic rings. The molecule has 0 bridgehead atoms. The van der Waals surface area contributed by atoms with E-state index in [0.29, 0.717) is 0 Å². The molecule has 0 unspecified atom stereocenters. The highest BCUT2D eigenvalue weighted by Gasteiger charge is 2.22. The van der Waals surface area contributed by atoms with Crippen LogP contribution in [0.25, 0.3) is 0 Å². The lowest BCUT2D eigenvalue weighted by atomic mass is 10.2. The quantitative estimate of drug-likeness (QED) is 0.600. The van der Waals surface area contributed by atoms with Gasteiger partial charge in [-0.15, -0.1) is 0 Å². The highest BCUT2D eigenvalue weighted by molar-refractivity contribution is 7.92. The number of carbonyl (C=O) groups excluding carboxylic acids is 2. The molecular formula is C18H17Cl3N2O5S. The summed E-state index contributed by atoms with van der Waals surface area (Å²) in [6.45, 7) is 1.34. The predicted molar refractivity (Wildman–Crippen MR) is 115 cm³/mol. The number of hydrogen-bond acceptors (Lipinski definition) is 5. The van der Waals surface area contributed by atoms with Crippen molar-refractivity contribution in [3.63, 3.8) is 0 Å². The fraction of sp³-hybridized carbons (Fsp3) is 0.222. The number of nitrogens with one attached hydrogen (secondary N) is 1. The Morgan fingerprint density at radius 3 is 2.21 bits per heavy atom. The number of ether oxygens (including phenoxy) is 1. The summed E-state index contributed by atoms with van der Waals surface area (Å²) in [7, 11) is -3.80. The van der Waals surface area contributed by atoms with Crippen LogP contribution in [0, 0.1) is 0 Å². The van der Waals surface area contributed by atoms with Crippen molar-refractivity contribution in [1.82, 2.24) is 0 Å². The Morgan fingerprint density at radius 2 is 1.69 bits per heavy atom. The monoisotopic (exact) mass is 478 g/mol. The molecule has 29 heavy (non-hydrogen) atoms. The molecular weight excluding hydrogens is 463 g/mol. The second-order valence-corrected chi connectivity index (χ2v) is 9.05. The number of halogens is 3. The molecule has 11 heteroatoms. The van der Waals surface area contributed by atoms with Gasteiger partial charge in [0.05, 0.1) is 29.1 Å². The lowest BCUT2D eigenvalue weighted by Gasteiger charge is -2.22. The first-order chi connectivity index (χ1) is 13.5. The molecule has 7 nitrogen and oxygen atoms in total. The van der Waals surface area contributed by atoms with Gasteiger partial charge < -0.3 is 10.1 Å². The summed E-state index contributed by atoms with van der Waals surface area (Å²) in [6.07, 6.45) is 0.958. The van der Waals surface area contributed by atoms with E-state index in [1.807, 2.05) is 0 Å². The second kappa shape index (κ2) is 9.67. The van der Waals surface area contributed by atoms with E-state index in [4.69, 9.17) is 39.5 Å². The molecule has 0 aliphatic rings. The van der Waals surface area contributed by atoms with Crippen LogP contribution in [-0.4, -0.2) is 39.7 Å². The van der Waals surface area contributed by atoms with Crippen LogP contribution in [0.4, 0.5) is 11.4 Å². The van der Waals surface area contributed by atoms with Gasteiger partial charge in [0.15, 0.2) is 0 Å². The van der Waals surface area contributed by atoms with Gasteiger partial charge in [-0.3, -0.25) is 9.10 Å².